The van der Waals surface area contributed by atoms with E-state index in [1.54, 1.807) is 0 Å². The standard InChI is InChI=1S/C17H22I3N3O6/c1-29-8-9(26)23-15-13(19)10(16(27)21-4-2-6-24)12(18)11(14(15)20)17(28)22-5-3-7-25/h24-25H,2-8H2,1H3,(H,21,27)(H,22,28)(H,23,26). The van der Waals surface area contributed by atoms with E-state index in [0.29, 0.717) is 29.2 Å². The number of methoxy groups -OCH3 is 1. The van der Waals surface area contributed by atoms with E-state index < -0.39 is 17.7 Å². The van der Waals surface area contributed by atoms with E-state index >= 15 is 0 Å². The monoisotopic (exact) mass is 745 g/mol. The van der Waals surface area contributed by atoms with E-state index in [0.717, 1.165) is 0 Å². The molecule has 0 atom stereocenters. The summed E-state index contributed by atoms with van der Waals surface area (Å²) in [4.78, 5) is 37.6. The van der Waals surface area contributed by atoms with Crippen LogP contribution in [-0.2, 0) is 9.53 Å². The van der Waals surface area contributed by atoms with Crippen molar-refractivity contribution < 1.29 is 29.3 Å². The fraction of sp³-hybridized carbons (Fsp3) is 0.471. The van der Waals surface area contributed by atoms with Gasteiger partial charge >= 0.3 is 0 Å². The van der Waals surface area contributed by atoms with Crippen LogP contribution in [-0.4, -0.2) is 68.0 Å². The number of hydrogen-bond acceptors (Lipinski definition) is 6. The summed E-state index contributed by atoms with van der Waals surface area (Å²) in [5.74, 6) is -1.23. The molecule has 0 aromatic heterocycles. The maximum Gasteiger partial charge on any atom is 0.253 e. The second kappa shape index (κ2) is 13.9. The molecule has 0 heterocycles. The Morgan fingerprint density at radius 3 is 1.69 bits per heavy atom. The molecule has 1 rings (SSSR count). The lowest BCUT2D eigenvalue weighted by Gasteiger charge is -2.19. The third-order valence-corrected chi connectivity index (χ3v) is 6.79. The summed E-state index contributed by atoms with van der Waals surface area (Å²) < 4.78 is 6.28. The molecule has 0 aliphatic heterocycles. The van der Waals surface area contributed by atoms with E-state index in [9.17, 15) is 14.4 Å². The van der Waals surface area contributed by atoms with Crippen molar-refractivity contribution in [2.45, 2.75) is 12.8 Å². The second-order valence-electron chi connectivity index (χ2n) is 5.71. The van der Waals surface area contributed by atoms with Gasteiger partial charge in [-0.1, -0.05) is 0 Å². The molecule has 3 amide bonds. The second-order valence-corrected chi connectivity index (χ2v) is 8.95. The van der Waals surface area contributed by atoms with Crippen molar-refractivity contribution in [3.63, 3.8) is 0 Å². The van der Waals surface area contributed by atoms with Crippen molar-refractivity contribution in [1.82, 2.24) is 10.6 Å². The Morgan fingerprint density at radius 2 is 1.31 bits per heavy atom. The molecule has 0 saturated heterocycles. The molecule has 0 aliphatic carbocycles. The normalized spacial score (nSPS) is 10.6. The summed E-state index contributed by atoms with van der Waals surface area (Å²) in [7, 11) is 1.39. The largest absolute Gasteiger partial charge is 0.396 e. The zero-order valence-electron chi connectivity index (χ0n) is 15.6. The maximum absolute atomic E-state index is 12.8. The number of hydrogen-bond donors (Lipinski definition) is 5. The topological polar surface area (TPSA) is 137 Å². The molecular weight excluding hydrogens is 723 g/mol. The van der Waals surface area contributed by atoms with Crippen molar-refractivity contribution in [1.29, 1.82) is 0 Å². The Bertz CT molecular complexity index is 711. The molecule has 0 unspecified atom stereocenters. The van der Waals surface area contributed by atoms with Gasteiger partial charge in [-0.2, -0.15) is 0 Å². The van der Waals surface area contributed by atoms with Crippen LogP contribution in [0.2, 0.25) is 0 Å². The summed E-state index contributed by atoms with van der Waals surface area (Å²) in [6, 6.07) is 0. The first kappa shape index (κ1) is 26.7. The first-order valence-corrected chi connectivity index (χ1v) is 11.8. The van der Waals surface area contributed by atoms with Crippen LogP contribution >= 0.6 is 67.8 Å². The van der Waals surface area contributed by atoms with Crippen molar-refractivity contribution in [2.24, 2.45) is 0 Å². The Balaban J connectivity index is 3.45. The number of anilines is 1. The highest BCUT2D eigenvalue weighted by Gasteiger charge is 2.28. The molecule has 12 heteroatoms. The lowest BCUT2D eigenvalue weighted by Crippen LogP contribution is -2.32. The molecule has 9 nitrogen and oxygen atoms in total. The predicted octanol–water partition coefficient (Wildman–Crippen LogP) is 1.31. The number of aliphatic hydroxyl groups excluding tert-OH is 2. The first-order valence-electron chi connectivity index (χ1n) is 8.57. The van der Waals surface area contributed by atoms with Crippen LogP contribution in [0.25, 0.3) is 0 Å². The molecule has 162 valence electrons. The first-order chi connectivity index (χ1) is 13.8. The van der Waals surface area contributed by atoms with Crippen LogP contribution in [0.1, 0.15) is 33.6 Å². The lowest BCUT2D eigenvalue weighted by atomic mass is 10.1. The highest BCUT2D eigenvalue weighted by molar-refractivity contribution is 14.1. The summed E-state index contributed by atoms with van der Waals surface area (Å²) in [5.41, 5.74) is 0.891. The average Bonchev–Trinajstić information content (AvgIpc) is 2.66. The van der Waals surface area contributed by atoms with Crippen molar-refractivity contribution in [2.75, 3.05) is 45.3 Å². The minimum atomic E-state index is -0.414. The smallest absolute Gasteiger partial charge is 0.253 e. The number of rotatable bonds is 11. The molecule has 29 heavy (non-hydrogen) atoms. The van der Waals surface area contributed by atoms with E-state index in [2.05, 4.69) is 16.0 Å². The minimum absolute atomic E-state index is 0.0575. The number of amides is 3. The third-order valence-electron chi connectivity index (χ3n) is 3.55. The number of benzene rings is 1. The van der Waals surface area contributed by atoms with Gasteiger partial charge in [0.25, 0.3) is 11.8 Å². The van der Waals surface area contributed by atoms with Crippen LogP contribution in [0.3, 0.4) is 0 Å². The number of carbonyl (C=O) groups is 3. The lowest BCUT2D eigenvalue weighted by molar-refractivity contribution is -0.119. The quantitative estimate of drug-likeness (QED) is 0.171. The molecule has 0 fully saturated rings. The summed E-state index contributed by atoms with van der Waals surface area (Å²) >= 11 is 5.87. The molecule has 0 bridgehead atoms. The zero-order chi connectivity index (χ0) is 22.0. The fourth-order valence-corrected chi connectivity index (χ4v) is 6.63. The van der Waals surface area contributed by atoms with Crippen LogP contribution in [0.5, 0.6) is 0 Å². The Hall–Kier alpha value is -0.300. The van der Waals surface area contributed by atoms with E-state index in [-0.39, 0.29) is 44.0 Å². The molecule has 0 radical (unpaired) electrons. The number of ether oxygens (including phenoxy) is 1. The summed E-state index contributed by atoms with van der Waals surface area (Å²) in [5, 5.41) is 26.0. The zero-order valence-corrected chi connectivity index (χ0v) is 22.1. The Labute approximate surface area is 209 Å². The van der Waals surface area contributed by atoms with E-state index in [1.165, 1.54) is 7.11 Å². The maximum atomic E-state index is 12.8. The van der Waals surface area contributed by atoms with Gasteiger partial charge in [-0.05, 0) is 80.6 Å². The van der Waals surface area contributed by atoms with Crippen molar-refractivity contribution in [3.8, 4) is 0 Å². The van der Waals surface area contributed by atoms with Crippen LogP contribution in [0.4, 0.5) is 5.69 Å². The molecule has 0 aliphatic rings. The molecule has 0 spiro atoms. The van der Waals surface area contributed by atoms with Crippen LogP contribution in [0.15, 0.2) is 0 Å². The number of nitrogens with one attached hydrogen (secondary N) is 3. The Morgan fingerprint density at radius 1 is 0.862 bits per heavy atom. The van der Waals surface area contributed by atoms with Crippen LogP contribution < -0.4 is 16.0 Å². The van der Waals surface area contributed by atoms with Gasteiger partial charge in [0.2, 0.25) is 5.91 Å². The van der Waals surface area contributed by atoms with Gasteiger partial charge < -0.3 is 30.9 Å². The van der Waals surface area contributed by atoms with Gasteiger partial charge in [0, 0.05) is 37.0 Å². The highest BCUT2D eigenvalue weighted by atomic mass is 127. The van der Waals surface area contributed by atoms with Gasteiger partial charge in [-0.15, -0.1) is 0 Å². The average molecular weight is 745 g/mol. The number of aliphatic hydroxyl groups is 2. The predicted molar refractivity (Wildman–Crippen MR) is 133 cm³/mol. The minimum Gasteiger partial charge on any atom is -0.396 e. The number of halogens is 3. The van der Waals surface area contributed by atoms with Gasteiger partial charge in [0.05, 0.1) is 24.0 Å². The van der Waals surface area contributed by atoms with Gasteiger partial charge in [-0.3, -0.25) is 14.4 Å². The van der Waals surface area contributed by atoms with Gasteiger partial charge in [-0.25, -0.2) is 0 Å². The molecule has 1 aromatic carbocycles. The van der Waals surface area contributed by atoms with Crippen molar-refractivity contribution in [3.05, 3.63) is 21.8 Å². The molecule has 0 saturated carbocycles. The van der Waals surface area contributed by atoms with Crippen molar-refractivity contribution >= 4 is 91.2 Å². The van der Waals surface area contributed by atoms with E-state index in [4.69, 9.17) is 14.9 Å². The van der Waals surface area contributed by atoms with Gasteiger partial charge in [0.15, 0.2) is 0 Å². The van der Waals surface area contributed by atoms with Crippen LogP contribution in [0, 0.1) is 10.7 Å². The van der Waals surface area contributed by atoms with E-state index in [1.807, 2.05) is 67.8 Å². The number of carbonyl (C=O) groups excluding carboxylic acids is 3. The molecule has 1 aromatic rings. The summed E-state index contributed by atoms with van der Waals surface area (Å²) in [6.07, 6.45) is 0.796. The SMILES string of the molecule is COCC(=O)Nc1c(I)c(C(=O)NCCCO)c(I)c(C(=O)NCCCO)c1I. The third kappa shape index (κ3) is 7.71. The summed E-state index contributed by atoms with van der Waals surface area (Å²) in [6.45, 7) is 0.262. The highest BCUT2D eigenvalue weighted by Crippen LogP contribution is 2.35. The van der Waals surface area contributed by atoms with Gasteiger partial charge in [0.1, 0.15) is 6.61 Å². The fourth-order valence-electron chi connectivity index (χ4n) is 2.22. The molecular formula is C17H22I3N3O6. The molecule has 5 N–H and O–H groups in total. The Kier molecular flexibility index (Phi) is 12.8.